The lowest BCUT2D eigenvalue weighted by atomic mass is 10.1. The third kappa shape index (κ3) is 4.32. The first-order valence-electron chi connectivity index (χ1n) is 7.48. The van der Waals surface area contributed by atoms with Crippen LogP contribution in [0.25, 0.3) is 10.9 Å². The van der Waals surface area contributed by atoms with E-state index in [0.29, 0.717) is 0 Å². The number of likely N-dealkylation sites (tertiary alicyclic amines) is 1. The first-order valence-corrected chi connectivity index (χ1v) is 7.48. The van der Waals surface area contributed by atoms with Gasteiger partial charge in [0.2, 0.25) is 0 Å². The average molecular weight is 342 g/mol. The number of fused-ring (bicyclic) bond motifs is 1. The van der Waals surface area contributed by atoms with Crippen molar-refractivity contribution in [1.29, 1.82) is 0 Å². The molecule has 1 fully saturated rings. The van der Waals surface area contributed by atoms with E-state index in [1.165, 1.54) is 30.5 Å². The van der Waals surface area contributed by atoms with Gasteiger partial charge in [0.15, 0.2) is 0 Å². The van der Waals surface area contributed by atoms with Crippen LogP contribution in [0, 0.1) is 12.8 Å². The normalized spacial score (nSPS) is 18.0. The minimum atomic E-state index is 0. The number of para-hydroxylation sites is 1. The number of rotatable bonds is 4. The third-order valence-corrected chi connectivity index (χ3v) is 4.19. The molecule has 22 heavy (non-hydrogen) atoms. The van der Waals surface area contributed by atoms with Crippen molar-refractivity contribution >= 4 is 35.7 Å². The van der Waals surface area contributed by atoms with Crippen molar-refractivity contribution < 1.29 is 0 Å². The van der Waals surface area contributed by atoms with Crippen LogP contribution in [-0.2, 0) is 6.54 Å². The molecule has 1 unspecified atom stereocenters. The maximum Gasteiger partial charge on any atom is 0.0708 e. The number of aromatic nitrogens is 1. The van der Waals surface area contributed by atoms with E-state index in [9.17, 15) is 0 Å². The SMILES string of the molecule is CNCC1CCN(Cc2cc(C)nc3ccccc23)C1.Cl.Cl. The Morgan fingerprint density at radius 1 is 1.27 bits per heavy atom. The molecule has 1 saturated heterocycles. The summed E-state index contributed by atoms with van der Waals surface area (Å²) < 4.78 is 0. The lowest BCUT2D eigenvalue weighted by Crippen LogP contribution is -2.24. The molecule has 5 heteroatoms. The Labute approximate surface area is 145 Å². The Bertz CT molecular complexity index is 603. The van der Waals surface area contributed by atoms with Crippen molar-refractivity contribution in [2.24, 2.45) is 5.92 Å². The molecule has 3 rings (SSSR count). The van der Waals surface area contributed by atoms with Gasteiger partial charge in [-0.3, -0.25) is 9.88 Å². The molecule has 0 radical (unpaired) electrons. The number of hydrogen-bond donors (Lipinski definition) is 1. The number of pyridine rings is 1. The predicted molar refractivity (Wildman–Crippen MR) is 98.3 cm³/mol. The van der Waals surface area contributed by atoms with E-state index in [0.717, 1.165) is 30.2 Å². The zero-order valence-electron chi connectivity index (χ0n) is 13.2. The van der Waals surface area contributed by atoms with Crippen molar-refractivity contribution in [2.75, 3.05) is 26.7 Å². The molecule has 1 aliphatic heterocycles. The van der Waals surface area contributed by atoms with Crippen molar-refractivity contribution in [2.45, 2.75) is 19.9 Å². The van der Waals surface area contributed by atoms with Gasteiger partial charge >= 0.3 is 0 Å². The van der Waals surface area contributed by atoms with Gasteiger partial charge in [-0.15, -0.1) is 24.8 Å². The topological polar surface area (TPSA) is 28.2 Å². The molecule has 0 aliphatic carbocycles. The second-order valence-electron chi connectivity index (χ2n) is 5.89. The van der Waals surface area contributed by atoms with Gasteiger partial charge in [0, 0.05) is 24.2 Å². The molecule has 1 N–H and O–H groups in total. The van der Waals surface area contributed by atoms with Crippen LogP contribution < -0.4 is 5.32 Å². The van der Waals surface area contributed by atoms with Crippen LogP contribution in [0.5, 0.6) is 0 Å². The third-order valence-electron chi connectivity index (χ3n) is 4.19. The molecule has 0 bridgehead atoms. The second kappa shape index (κ2) is 8.68. The molecule has 3 nitrogen and oxygen atoms in total. The predicted octanol–water partition coefficient (Wildman–Crippen LogP) is 3.43. The van der Waals surface area contributed by atoms with Crippen molar-refractivity contribution in [3.05, 3.63) is 41.6 Å². The highest BCUT2D eigenvalue weighted by molar-refractivity contribution is 5.85. The van der Waals surface area contributed by atoms with Crippen molar-refractivity contribution in [3.63, 3.8) is 0 Å². The van der Waals surface area contributed by atoms with Crippen LogP contribution in [0.3, 0.4) is 0 Å². The van der Waals surface area contributed by atoms with E-state index in [1.807, 2.05) is 7.05 Å². The molecule has 1 aromatic carbocycles. The maximum atomic E-state index is 4.63. The minimum Gasteiger partial charge on any atom is -0.319 e. The zero-order chi connectivity index (χ0) is 13.9. The van der Waals surface area contributed by atoms with Crippen LogP contribution in [-0.4, -0.2) is 36.6 Å². The van der Waals surface area contributed by atoms with Crippen molar-refractivity contribution in [1.82, 2.24) is 15.2 Å². The van der Waals surface area contributed by atoms with Gasteiger partial charge in [0.05, 0.1) is 5.52 Å². The molecule has 1 aliphatic rings. The zero-order valence-corrected chi connectivity index (χ0v) is 14.8. The van der Waals surface area contributed by atoms with Gasteiger partial charge in [0.1, 0.15) is 0 Å². The Balaban J connectivity index is 0.00000121. The van der Waals surface area contributed by atoms with Gasteiger partial charge in [-0.25, -0.2) is 0 Å². The van der Waals surface area contributed by atoms with Crippen LogP contribution in [0.1, 0.15) is 17.7 Å². The molecular weight excluding hydrogens is 317 g/mol. The first-order chi connectivity index (χ1) is 9.76. The first kappa shape index (κ1) is 19.2. The van der Waals surface area contributed by atoms with E-state index < -0.39 is 0 Å². The summed E-state index contributed by atoms with van der Waals surface area (Å²) in [5, 5.41) is 4.60. The van der Waals surface area contributed by atoms with E-state index in [2.05, 4.69) is 52.5 Å². The second-order valence-corrected chi connectivity index (χ2v) is 5.89. The quantitative estimate of drug-likeness (QED) is 0.923. The average Bonchev–Trinajstić information content (AvgIpc) is 2.86. The highest BCUT2D eigenvalue weighted by atomic mass is 35.5. The lowest BCUT2D eigenvalue weighted by Gasteiger charge is -2.17. The molecule has 1 aromatic heterocycles. The van der Waals surface area contributed by atoms with E-state index in [1.54, 1.807) is 0 Å². The number of nitrogens with zero attached hydrogens (tertiary/aromatic N) is 2. The van der Waals surface area contributed by atoms with Crippen LogP contribution in [0.2, 0.25) is 0 Å². The van der Waals surface area contributed by atoms with Crippen LogP contribution in [0.15, 0.2) is 30.3 Å². The molecular formula is C17H25Cl2N3. The van der Waals surface area contributed by atoms with Gasteiger partial charge in [-0.2, -0.15) is 0 Å². The summed E-state index contributed by atoms with van der Waals surface area (Å²) in [6.45, 7) is 6.68. The van der Waals surface area contributed by atoms with Gasteiger partial charge in [-0.05, 0) is 57.1 Å². The summed E-state index contributed by atoms with van der Waals surface area (Å²) in [5.41, 5.74) is 3.65. The fourth-order valence-electron chi connectivity index (χ4n) is 3.28. The molecule has 122 valence electrons. The summed E-state index contributed by atoms with van der Waals surface area (Å²) in [6, 6.07) is 10.7. The molecule has 0 amide bonds. The lowest BCUT2D eigenvalue weighted by molar-refractivity contribution is 0.316. The number of nitrogens with one attached hydrogen (secondary N) is 1. The van der Waals surface area contributed by atoms with Gasteiger partial charge in [-0.1, -0.05) is 18.2 Å². The minimum absolute atomic E-state index is 0. The summed E-state index contributed by atoms with van der Waals surface area (Å²) in [4.78, 5) is 7.20. The van der Waals surface area contributed by atoms with Crippen LogP contribution >= 0.6 is 24.8 Å². The number of hydrogen-bond acceptors (Lipinski definition) is 3. The van der Waals surface area contributed by atoms with Gasteiger partial charge in [0.25, 0.3) is 0 Å². The monoisotopic (exact) mass is 341 g/mol. The summed E-state index contributed by atoms with van der Waals surface area (Å²) >= 11 is 0. The summed E-state index contributed by atoms with van der Waals surface area (Å²) in [7, 11) is 2.04. The molecule has 0 saturated carbocycles. The maximum absolute atomic E-state index is 4.63. The van der Waals surface area contributed by atoms with Gasteiger partial charge < -0.3 is 5.32 Å². The Kier molecular flexibility index (Phi) is 7.57. The molecule has 1 atom stereocenters. The molecule has 2 aromatic rings. The number of halogens is 2. The van der Waals surface area contributed by atoms with E-state index in [4.69, 9.17) is 0 Å². The summed E-state index contributed by atoms with van der Waals surface area (Å²) in [5.74, 6) is 0.800. The fourth-order valence-corrected chi connectivity index (χ4v) is 3.28. The van der Waals surface area contributed by atoms with Crippen molar-refractivity contribution in [3.8, 4) is 0 Å². The highest BCUT2D eigenvalue weighted by Crippen LogP contribution is 2.23. The standard InChI is InChI=1S/C17H23N3.2ClH/c1-13-9-15(16-5-3-4-6-17(16)19-13)12-20-8-7-14(11-20)10-18-2;;/h3-6,9,14,18H,7-8,10-12H2,1-2H3;2*1H. The van der Waals surface area contributed by atoms with E-state index in [-0.39, 0.29) is 24.8 Å². The smallest absolute Gasteiger partial charge is 0.0708 e. The van der Waals surface area contributed by atoms with E-state index >= 15 is 0 Å². The molecule has 2 heterocycles. The Hall–Kier alpha value is -0.870. The Morgan fingerprint density at radius 2 is 2.05 bits per heavy atom. The van der Waals surface area contributed by atoms with Crippen LogP contribution in [0.4, 0.5) is 0 Å². The molecule has 0 spiro atoms. The summed E-state index contributed by atoms with van der Waals surface area (Å²) in [6.07, 6.45) is 1.31. The number of benzene rings is 1. The fraction of sp³-hybridized carbons (Fsp3) is 0.471. The highest BCUT2D eigenvalue weighted by Gasteiger charge is 2.22. The largest absolute Gasteiger partial charge is 0.319 e. The Morgan fingerprint density at radius 3 is 2.82 bits per heavy atom. The number of aryl methyl sites for hydroxylation is 1.